The van der Waals surface area contributed by atoms with Gasteiger partial charge in [-0.15, -0.1) is 0 Å². The van der Waals surface area contributed by atoms with Gasteiger partial charge in [0.2, 0.25) is 0 Å². The molecule has 1 heterocycles. The van der Waals surface area contributed by atoms with Crippen LogP contribution >= 0.6 is 12.2 Å². The highest BCUT2D eigenvalue weighted by molar-refractivity contribution is 7.80. The number of nitrogens with one attached hydrogen (secondary N) is 1. The second-order valence-corrected chi connectivity index (χ2v) is 4.43. The van der Waals surface area contributed by atoms with Crippen LogP contribution in [0, 0.1) is 0 Å². The maximum absolute atomic E-state index is 12.1. The first-order valence-corrected chi connectivity index (χ1v) is 6.14. The maximum Gasteiger partial charge on any atom is 0.252 e. The molecule has 0 radical (unpaired) electrons. The van der Waals surface area contributed by atoms with Gasteiger partial charge in [-0.1, -0.05) is 42.5 Å². The fourth-order valence-corrected chi connectivity index (χ4v) is 1.88. The highest BCUT2D eigenvalue weighted by atomic mass is 32.1. The molecule has 19 heavy (non-hydrogen) atoms. The van der Waals surface area contributed by atoms with Crippen LogP contribution in [0.1, 0.15) is 22.0 Å². The minimum Gasteiger partial charge on any atom is -0.391 e. The summed E-state index contributed by atoms with van der Waals surface area (Å²) in [6.45, 7) is 0. The Morgan fingerprint density at radius 1 is 1.16 bits per heavy atom. The summed E-state index contributed by atoms with van der Waals surface area (Å²) >= 11 is 5.02. The number of rotatable bonds is 4. The number of hydrogen-bond acceptors (Lipinski definition) is 3. The number of hydrogen-bond donors (Lipinski definition) is 2. The van der Waals surface area contributed by atoms with Crippen LogP contribution in [-0.4, -0.2) is 15.9 Å². The van der Waals surface area contributed by atoms with Gasteiger partial charge < -0.3 is 11.1 Å². The number of benzene rings is 1. The largest absolute Gasteiger partial charge is 0.391 e. The Kier molecular flexibility index (Phi) is 4.20. The van der Waals surface area contributed by atoms with Crippen molar-refractivity contribution in [3.63, 3.8) is 0 Å². The van der Waals surface area contributed by atoms with Crippen LogP contribution in [0.2, 0.25) is 0 Å². The molecule has 2 rings (SSSR count). The number of aromatic nitrogens is 1. The fourth-order valence-electron chi connectivity index (χ4n) is 1.68. The Morgan fingerprint density at radius 3 is 2.37 bits per heavy atom. The van der Waals surface area contributed by atoms with Crippen molar-refractivity contribution < 1.29 is 4.79 Å². The van der Waals surface area contributed by atoms with Gasteiger partial charge in [-0.05, 0) is 17.7 Å². The molecule has 0 saturated carbocycles. The summed E-state index contributed by atoms with van der Waals surface area (Å²) in [7, 11) is 0. The van der Waals surface area contributed by atoms with Gasteiger partial charge in [0.05, 0.1) is 0 Å². The van der Waals surface area contributed by atoms with Crippen LogP contribution in [0.15, 0.2) is 54.9 Å². The van der Waals surface area contributed by atoms with E-state index in [0.717, 1.165) is 5.56 Å². The molecule has 96 valence electrons. The Labute approximate surface area is 116 Å². The van der Waals surface area contributed by atoms with Gasteiger partial charge in [-0.3, -0.25) is 9.78 Å². The first-order valence-electron chi connectivity index (χ1n) is 5.73. The average Bonchev–Trinajstić information content (AvgIpc) is 2.46. The Balaban J connectivity index is 2.19. The third-order valence-electron chi connectivity index (χ3n) is 2.64. The summed E-state index contributed by atoms with van der Waals surface area (Å²) < 4.78 is 0. The van der Waals surface area contributed by atoms with Crippen LogP contribution in [-0.2, 0) is 0 Å². The molecule has 0 saturated heterocycles. The highest BCUT2D eigenvalue weighted by Crippen LogP contribution is 2.13. The summed E-state index contributed by atoms with van der Waals surface area (Å²) in [4.78, 5) is 16.2. The normalized spacial score (nSPS) is 11.6. The first-order chi connectivity index (χ1) is 9.18. The molecule has 3 N–H and O–H groups in total. The van der Waals surface area contributed by atoms with E-state index in [9.17, 15) is 4.79 Å². The van der Waals surface area contributed by atoms with Gasteiger partial charge in [0.15, 0.2) is 0 Å². The number of thiocarbonyl (C=S) groups is 1. The fraction of sp³-hybridized carbons (Fsp3) is 0.0714. The second kappa shape index (κ2) is 6.06. The van der Waals surface area contributed by atoms with Crippen molar-refractivity contribution in [1.29, 1.82) is 0 Å². The van der Waals surface area contributed by atoms with Crippen LogP contribution in [0.5, 0.6) is 0 Å². The number of nitrogens with zero attached hydrogens (tertiary/aromatic N) is 1. The lowest BCUT2D eigenvalue weighted by Crippen LogP contribution is -2.36. The quantitative estimate of drug-likeness (QED) is 0.833. The lowest BCUT2D eigenvalue weighted by atomic mass is 10.1. The zero-order chi connectivity index (χ0) is 13.7. The highest BCUT2D eigenvalue weighted by Gasteiger charge is 2.17. The van der Waals surface area contributed by atoms with Crippen molar-refractivity contribution in [3.8, 4) is 0 Å². The zero-order valence-electron chi connectivity index (χ0n) is 10.1. The summed E-state index contributed by atoms with van der Waals surface area (Å²) in [5.41, 5.74) is 7.08. The molecule has 4 nitrogen and oxygen atoms in total. The molecule has 0 aliphatic carbocycles. The lowest BCUT2D eigenvalue weighted by molar-refractivity contribution is 0.0946. The molecule has 1 atom stereocenters. The lowest BCUT2D eigenvalue weighted by Gasteiger charge is -2.17. The predicted octanol–water partition coefficient (Wildman–Crippen LogP) is 1.84. The molecule has 1 aromatic heterocycles. The Bertz CT molecular complexity index is 572. The van der Waals surface area contributed by atoms with E-state index in [1.165, 1.54) is 0 Å². The smallest absolute Gasteiger partial charge is 0.252 e. The summed E-state index contributed by atoms with van der Waals surface area (Å²) in [6.07, 6.45) is 3.13. The zero-order valence-corrected chi connectivity index (χ0v) is 10.9. The van der Waals surface area contributed by atoms with E-state index in [-0.39, 0.29) is 10.9 Å². The first kappa shape index (κ1) is 13.2. The molecule has 1 unspecified atom stereocenters. The van der Waals surface area contributed by atoms with Crippen molar-refractivity contribution in [3.05, 3.63) is 66.0 Å². The Morgan fingerprint density at radius 2 is 1.79 bits per heavy atom. The van der Waals surface area contributed by atoms with Gasteiger partial charge in [0.25, 0.3) is 5.91 Å². The SMILES string of the molecule is NC(=S)C(NC(=O)c1ccncc1)c1ccccc1. The molecular formula is C14H13N3OS. The van der Waals surface area contributed by atoms with Crippen molar-refractivity contribution in [1.82, 2.24) is 10.3 Å². The van der Waals surface area contributed by atoms with Gasteiger partial charge in [0.1, 0.15) is 11.0 Å². The third kappa shape index (κ3) is 3.35. The monoisotopic (exact) mass is 271 g/mol. The predicted molar refractivity (Wildman–Crippen MR) is 77.7 cm³/mol. The molecule has 5 heteroatoms. The van der Waals surface area contributed by atoms with Crippen LogP contribution < -0.4 is 11.1 Å². The molecule has 0 aliphatic rings. The van der Waals surface area contributed by atoms with Gasteiger partial charge in [-0.2, -0.15) is 0 Å². The van der Waals surface area contributed by atoms with E-state index >= 15 is 0 Å². The number of carbonyl (C=O) groups excluding carboxylic acids is 1. The van der Waals surface area contributed by atoms with Crippen molar-refractivity contribution >= 4 is 23.1 Å². The van der Waals surface area contributed by atoms with Crippen LogP contribution in [0.3, 0.4) is 0 Å². The molecular weight excluding hydrogens is 258 g/mol. The minimum absolute atomic E-state index is 0.230. The van der Waals surface area contributed by atoms with E-state index in [2.05, 4.69) is 10.3 Å². The summed E-state index contributed by atoms with van der Waals surface area (Å²) in [5.74, 6) is -0.232. The second-order valence-electron chi connectivity index (χ2n) is 3.96. The average molecular weight is 271 g/mol. The van der Waals surface area contributed by atoms with Gasteiger partial charge in [-0.25, -0.2) is 0 Å². The van der Waals surface area contributed by atoms with E-state index in [4.69, 9.17) is 18.0 Å². The topological polar surface area (TPSA) is 68.0 Å². The van der Waals surface area contributed by atoms with Crippen molar-refractivity contribution in [2.75, 3.05) is 0 Å². The van der Waals surface area contributed by atoms with E-state index in [1.807, 2.05) is 30.3 Å². The van der Waals surface area contributed by atoms with Gasteiger partial charge >= 0.3 is 0 Å². The minimum atomic E-state index is -0.475. The molecule has 1 aromatic carbocycles. The molecule has 1 amide bonds. The molecule has 0 aliphatic heterocycles. The van der Waals surface area contributed by atoms with Crippen LogP contribution in [0.25, 0.3) is 0 Å². The third-order valence-corrected chi connectivity index (χ3v) is 2.87. The number of nitrogens with two attached hydrogens (primary N) is 1. The molecule has 0 fully saturated rings. The Hall–Kier alpha value is -2.27. The number of carbonyl (C=O) groups is 1. The van der Waals surface area contributed by atoms with E-state index in [1.54, 1.807) is 24.5 Å². The molecule has 2 aromatic rings. The van der Waals surface area contributed by atoms with Gasteiger partial charge in [0, 0.05) is 18.0 Å². The molecule has 0 bridgehead atoms. The maximum atomic E-state index is 12.1. The van der Waals surface area contributed by atoms with Crippen molar-refractivity contribution in [2.24, 2.45) is 5.73 Å². The van der Waals surface area contributed by atoms with Crippen LogP contribution in [0.4, 0.5) is 0 Å². The molecule has 0 spiro atoms. The summed E-state index contributed by atoms with van der Waals surface area (Å²) in [6, 6.07) is 12.2. The standard InChI is InChI=1S/C14H13N3OS/c15-13(19)12(10-4-2-1-3-5-10)17-14(18)11-6-8-16-9-7-11/h1-9,12H,(H2,15,19)(H,17,18). The number of pyridine rings is 1. The van der Waals surface area contributed by atoms with Crippen molar-refractivity contribution in [2.45, 2.75) is 6.04 Å². The van der Waals surface area contributed by atoms with E-state index in [0.29, 0.717) is 5.56 Å². The summed E-state index contributed by atoms with van der Waals surface area (Å²) in [5, 5.41) is 2.82. The number of amides is 1. The van der Waals surface area contributed by atoms with E-state index < -0.39 is 6.04 Å².